The molecule has 0 unspecified atom stereocenters. The molecule has 1 aromatic rings. The van der Waals surface area contributed by atoms with E-state index < -0.39 is 11.9 Å². The second-order valence-electron chi connectivity index (χ2n) is 2.79. The van der Waals surface area contributed by atoms with Crippen LogP contribution in [0.3, 0.4) is 0 Å². The normalized spacial score (nSPS) is 10.2. The first-order chi connectivity index (χ1) is 8.22. The van der Waals surface area contributed by atoms with Crippen LogP contribution >= 0.6 is 11.3 Å². The molecule has 0 saturated heterocycles. The van der Waals surface area contributed by atoms with Crippen molar-refractivity contribution in [3.05, 3.63) is 23.7 Å². The molecule has 1 rings (SSSR count). The lowest BCUT2D eigenvalue weighted by molar-refractivity contribution is -0.139. The average Bonchev–Trinajstić information content (AvgIpc) is 2.84. The number of hydrogen-bond donors (Lipinski definition) is 1. The lowest BCUT2D eigenvalue weighted by Crippen LogP contribution is -2.12. The van der Waals surface area contributed by atoms with Crippen LogP contribution in [0.15, 0.2) is 23.7 Å². The van der Waals surface area contributed by atoms with Crippen molar-refractivity contribution < 1.29 is 19.1 Å². The van der Waals surface area contributed by atoms with Gasteiger partial charge in [-0.3, -0.25) is 0 Å². The highest BCUT2D eigenvalue weighted by Gasteiger charge is 1.99. The van der Waals surface area contributed by atoms with Crippen LogP contribution in [0.1, 0.15) is 0 Å². The standard InChI is InChI=1S/C10H12N2O4S/c1-15-8(13)2-3-9(14)16-6-4-11-10-12-5-7-17-10/h2-3,5,7H,4,6H2,1H3,(H,11,12). The lowest BCUT2D eigenvalue weighted by Gasteiger charge is -2.02. The van der Waals surface area contributed by atoms with E-state index in [1.165, 1.54) is 18.4 Å². The fraction of sp³-hybridized carbons (Fsp3) is 0.300. The molecular weight excluding hydrogens is 244 g/mol. The first kappa shape index (κ1) is 13.2. The average molecular weight is 256 g/mol. The molecule has 1 aromatic heterocycles. The van der Waals surface area contributed by atoms with Crippen LogP contribution in [0, 0.1) is 0 Å². The van der Waals surface area contributed by atoms with Gasteiger partial charge >= 0.3 is 11.9 Å². The molecule has 1 heterocycles. The van der Waals surface area contributed by atoms with Crippen molar-refractivity contribution in [2.24, 2.45) is 0 Å². The van der Waals surface area contributed by atoms with Gasteiger partial charge in [0.05, 0.1) is 13.7 Å². The number of esters is 2. The molecule has 17 heavy (non-hydrogen) atoms. The van der Waals surface area contributed by atoms with Gasteiger partial charge in [-0.1, -0.05) is 0 Å². The minimum atomic E-state index is -0.595. The molecule has 0 spiro atoms. The third-order valence-corrected chi connectivity index (χ3v) is 2.34. The highest BCUT2D eigenvalue weighted by atomic mass is 32.1. The number of carbonyl (C=O) groups is 2. The Morgan fingerprint density at radius 3 is 2.88 bits per heavy atom. The molecule has 92 valence electrons. The van der Waals surface area contributed by atoms with Crippen molar-refractivity contribution in [1.82, 2.24) is 4.98 Å². The van der Waals surface area contributed by atoms with Crippen molar-refractivity contribution in [1.29, 1.82) is 0 Å². The SMILES string of the molecule is COC(=O)C=CC(=O)OCCNc1nccs1. The number of rotatable bonds is 6. The first-order valence-corrected chi connectivity index (χ1v) is 5.66. The Bertz CT molecular complexity index is 389. The molecule has 6 nitrogen and oxygen atoms in total. The fourth-order valence-electron chi connectivity index (χ4n) is 0.873. The summed E-state index contributed by atoms with van der Waals surface area (Å²) >= 11 is 1.46. The lowest BCUT2D eigenvalue weighted by atomic mass is 10.5. The number of hydrogen-bond acceptors (Lipinski definition) is 7. The van der Waals surface area contributed by atoms with E-state index in [0.717, 1.165) is 17.3 Å². The highest BCUT2D eigenvalue weighted by molar-refractivity contribution is 7.13. The van der Waals surface area contributed by atoms with E-state index in [2.05, 4.69) is 15.0 Å². The molecule has 0 bridgehead atoms. The second kappa shape index (κ2) is 7.39. The Kier molecular flexibility index (Phi) is 5.73. The summed E-state index contributed by atoms with van der Waals surface area (Å²) in [5.41, 5.74) is 0. The molecule has 0 saturated carbocycles. The minimum Gasteiger partial charge on any atom is -0.466 e. The van der Waals surface area contributed by atoms with Crippen LogP contribution in [0.4, 0.5) is 5.13 Å². The summed E-state index contributed by atoms with van der Waals surface area (Å²) in [6.45, 7) is 0.662. The van der Waals surface area contributed by atoms with Gasteiger partial charge in [0.2, 0.25) is 0 Å². The predicted octanol–water partition coefficient (Wildman–Crippen LogP) is 0.827. The van der Waals surface area contributed by atoms with E-state index in [-0.39, 0.29) is 6.61 Å². The molecule has 0 aliphatic heterocycles. The van der Waals surface area contributed by atoms with Gasteiger partial charge < -0.3 is 14.8 Å². The number of ether oxygens (including phenoxy) is 2. The topological polar surface area (TPSA) is 77.5 Å². The van der Waals surface area contributed by atoms with Crippen molar-refractivity contribution in [2.75, 3.05) is 25.6 Å². The highest BCUT2D eigenvalue weighted by Crippen LogP contribution is 2.08. The van der Waals surface area contributed by atoms with Gasteiger partial charge in [0.1, 0.15) is 6.61 Å². The molecule has 1 N–H and O–H groups in total. The Morgan fingerprint density at radius 2 is 2.24 bits per heavy atom. The molecule has 0 fully saturated rings. The van der Waals surface area contributed by atoms with E-state index >= 15 is 0 Å². The third kappa shape index (κ3) is 5.67. The van der Waals surface area contributed by atoms with Crippen molar-refractivity contribution in [3.63, 3.8) is 0 Å². The monoisotopic (exact) mass is 256 g/mol. The van der Waals surface area contributed by atoms with Gasteiger partial charge in [0.15, 0.2) is 5.13 Å². The number of nitrogens with zero attached hydrogens (tertiary/aromatic N) is 1. The Labute approximate surface area is 102 Å². The van der Waals surface area contributed by atoms with Gasteiger partial charge in [-0.25, -0.2) is 14.6 Å². The van der Waals surface area contributed by atoms with Gasteiger partial charge in [-0.2, -0.15) is 0 Å². The van der Waals surface area contributed by atoms with Gasteiger partial charge in [-0.05, 0) is 0 Å². The predicted molar refractivity (Wildman–Crippen MR) is 62.7 cm³/mol. The zero-order valence-corrected chi connectivity index (χ0v) is 10.0. The number of aromatic nitrogens is 1. The van der Waals surface area contributed by atoms with E-state index in [9.17, 15) is 9.59 Å². The van der Waals surface area contributed by atoms with Crippen LogP contribution in [-0.4, -0.2) is 37.2 Å². The van der Waals surface area contributed by atoms with Crippen molar-refractivity contribution >= 4 is 28.4 Å². The van der Waals surface area contributed by atoms with Crippen molar-refractivity contribution in [3.8, 4) is 0 Å². The number of carbonyl (C=O) groups excluding carboxylic acids is 2. The maximum absolute atomic E-state index is 11.1. The smallest absolute Gasteiger partial charge is 0.331 e. The summed E-state index contributed by atoms with van der Waals surface area (Å²) in [6.07, 6.45) is 3.71. The van der Waals surface area contributed by atoms with E-state index in [4.69, 9.17) is 4.74 Å². The third-order valence-electron chi connectivity index (χ3n) is 1.61. The van der Waals surface area contributed by atoms with E-state index in [1.807, 2.05) is 5.38 Å². The Balaban J connectivity index is 2.12. The molecular formula is C10H12N2O4S. The Morgan fingerprint density at radius 1 is 1.47 bits per heavy atom. The minimum absolute atomic E-state index is 0.198. The summed E-state index contributed by atoms with van der Waals surface area (Å²) in [6, 6.07) is 0. The zero-order valence-electron chi connectivity index (χ0n) is 9.21. The second-order valence-corrected chi connectivity index (χ2v) is 3.68. The summed E-state index contributed by atoms with van der Waals surface area (Å²) < 4.78 is 9.14. The summed E-state index contributed by atoms with van der Waals surface area (Å²) in [5.74, 6) is -1.18. The summed E-state index contributed by atoms with van der Waals surface area (Å²) in [7, 11) is 1.23. The summed E-state index contributed by atoms with van der Waals surface area (Å²) in [5, 5.41) is 5.58. The molecule has 0 atom stereocenters. The molecule has 7 heteroatoms. The van der Waals surface area contributed by atoms with Crippen LogP contribution < -0.4 is 5.32 Å². The van der Waals surface area contributed by atoms with Crippen LogP contribution in [0.25, 0.3) is 0 Å². The molecule has 0 aliphatic carbocycles. The molecule has 0 aromatic carbocycles. The maximum Gasteiger partial charge on any atom is 0.331 e. The molecule has 0 amide bonds. The van der Waals surface area contributed by atoms with Gasteiger partial charge in [0.25, 0.3) is 0 Å². The molecule has 0 aliphatic rings. The fourth-order valence-corrected chi connectivity index (χ4v) is 1.43. The maximum atomic E-state index is 11.1. The Hall–Kier alpha value is -1.89. The van der Waals surface area contributed by atoms with Crippen LogP contribution in [-0.2, 0) is 19.1 Å². The van der Waals surface area contributed by atoms with Gasteiger partial charge in [-0.15, -0.1) is 11.3 Å². The van der Waals surface area contributed by atoms with E-state index in [1.54, 1.807) is 6.20 Å². The van der Waals surface area contributed by atoms with Crippen LogP contribution in [0.5, 0.6) is 0 Å². The van der Waals surface area contributed by atoms with E-state index in [0.29, 0.717) is 6.54 Å². The number of thiazole rings is 1. The number of anilines is 1. The quantitative estimate of drug-likeness (QED) is 0.461. The largest absolute Gasteiger partial charge is 0.466 e. The summed E-state index contributed by atoms with van der Waals surface area (Å²) in [4.78, 5) is 25.7. The van der Waals surface area contributed by atoms with Crippen LogP contribution in [0.2, 0.25) is 0 Å². The zero-order chi connectivity index (χ0) is 12.5. The van der Waals surface area contributed by atoms with Gasteiger partial charge in [0, 0.05) is 23.7 Å². The number of methoxy groups -OCH3 is 1. The van der Waals surface area contributed by atoms with Crippen molar-refractivity contribution in [2.45, 2.75) is 0 Å². The number of nitrogens with one attached hydrogen (secondary N) is 1. The molecule has 0 radical (unpaired) electrons. The first-order valence-electron chi connectivity index (χ1n) is 4.78.